The Hall–Kier alpha value is -3.81. The van der Waals surface area contributed by atoms with Crippen LogP contribution in [0.25, 0.3) is 10.2 Å². The van der Waals surface area contributed by atoms with Crippen LogP contribution in [0.3, 0.4) is 0 Å². The van der Waals surface area contributed by atoms with Crippen LogP contribution < -0.4 is 4.90 Å². The van der Waals surface area contributed by atoms with Crippen molar-refractivity contribution in [3.8, 4) is 0 Å². The third kappa shape index (κ3) is 5.51. The van der Waals surface area contributed by atoms with Crippen LogP contribution in [0.15, 0.2) is 70.2 Å². The van der Waals surface area contributed by atoms with E-state index < -0.39 is 27.8 Å². The van der Waals surface area contributed by atoms with Gasteiger partial charge in [-0.15, -0.1) is 0 Å². The summed E-state index contributed by atoms with van der Waals surface area (Å²) in [6, 6.07) is 13.6. The van der Waals surface area contributed by atoms with Gasteiger partial charge in [0.05, 0.1) is 29.0 Å². The molecule has 2 aromatic heterocycles. The maximum atomic E-state index is 14.3. The lowest BCUT2D eigenvalue weighted by Gasteiger charge is -2.33. The van der Waals surface area contributed by atoms with Crippen LogP contribution in [0.2, 0.25) is 0 Å². The van der Waals surface area contributed by atoms with Crippen LogP contribution in [0, 0.1) is 5.82 Å². The van der Waals surface area contributed by atoms with E-state index in [2.05, 4.69) is 4.98 Å². The molecule has 0 spiro atoms. The number of piperazine rings is 1. The van der Waals surface area contributed by atoms with E-state index in [1.165, 1.54) is 62.0 Å². The predicted octanol–water partition coefficient (Wildman–Crippen LogP) is 4.34. The number of hydrogen-bond donors (Lipinski definition) is 0. The number of furan rings is 1. The Morgan fingerprint density at radius 1 is 1.08 bits per heavy atom. The van der Waals surface area contributed by atoms with Crippen LogP contribution in [-0.4, -0.2) is 67.4 Å². The fourth-order valence-corrected chi connectivity index (χ4v) is 6.60. The quantitative estimate of drug-likeness (QED) is 0.324. The number of sulfonamides is 1. The average Bonchev–Trinajstić information content (AvgIpc) is 3.62. The summed E-state index contributed by atoms with van der Waals surface area (Å²) in [5.41, 5.74) is 0.395. The lowest BCUT2D eigenvalue weighted by Crippen LogP contribution is -2.50. The molecule has 0 saturated carbocycles. The van der Waals surface area contributed by atoms with Crippen molar-refractivity contribution in [3.63, 3.8) is 0 Å². The Morgan fingerprint density at radius 2 is 1.82 bits per heavy atom. The minimum atomic E-state index is -3.84. The summed E-state index contributed by atoms with van der Waals surface area (Å²) in [6.45, 7) is 2.72. The SMILES string of the molecule is CCOC(=O)N1CCN(S(=O)(=O)c2ccc(C(=O)N(Cc3ccco3)c3nc4c(F)cccc4s3)cc2)CC1. The first-order chi connectivity index (χ1) is 18.8. The van der Waals surface area contributed by atoms with Gasteiger partial charge in [0.2, 0.25) is 10.0 Å². The van der Waals surface area contributed by atoms with Crippen molar-refractivity contribution in [1.82, 2.24) is 14.2 Å². The van der Waals surface area contributed by atoms with Crippen LogP contribution in [0.5, 0.6) is 0 Å². The number of para-hydroxylation sites is 1. The number of thiazole rings is 1. The number of carbonyl (C=O) groups is 2. The summed E-state index contributed by atoms with van der Waals surface area (Å²) in [7, 11) is -3.84. The average molecular weight is 573 g/mol. The Kier molecular flexibility index (Phi) is 7.64. The lowest BCUT2D eigenvalue weighted by atomic mass is 10.2. The number of aromatic nitrogens is 1. The molecule has 204 valence electrons. The van der Waals surface area contributed by atoms with Gasteiger partial charge in [-0.25, -0.2) is 22.6 Å². The fraction of sp³-hybridized carbons (Fsp3) is 0.269. The predicted molar refractivity (Wildman–Crippen MR) is 143 cm³/mol. The highest BCUT2D eigenvalue weighted by molar-refractivity contribution is 7.89. The third-order valence-electron chi connectivity index (χ3n) is 6.23. The smallest absolute Gasteiger partial charge is 0.409 e. The summed E-state index contributed by atoms with van der Waals surface area (Å²) < 4.78 is 53.0. The number of fused-ring (bicyclic) bond motifs is 1. The molecule has 39 heavy (non-hydrogen) atoms. The first-order valence-corrected chi connectivity index (χ1v) is 14.4. The molecule has 3 heterocycles. The number of halogens is 1. The van der Waals surface area contributed by atoms with Gasteiger partial charge < -0.3 is 14.1 Å². The molecule has 0 aliphatic carbocycles. The number of nitrogens with zero attached hydrogens (tertiary/aromatic N) is 4. The van der Waals surface area contributed by atoms with Gasteiger partial charge in [-0.2, -0.15) is 4.31 Å². The summed E-state index contributed by atoms with van der Waals surface area (Å²) in [6.07, 6.45) is 1.02. The van der Waals surface area contributed by atoms with E-state index >= 15 is 0 Å². The standard InChI is InChI=1S/C26H25FN4O6S2/c1-2-36-26(33)29-12-14-30(15-13-29)39(34,35)20-10-8-18(9-11-20)24(32)31(17-19-5-4-16-37-19)25-28-23-21(27)6-3-7-22(23)38-25/h3-11,16H,2,12-15,17H2,1H3. The highest BCUT2D eigenvalue weighted by Crippen LogP contribution is 2.32. The lowest BCUT2D eigenvalue weighted by molar-refractivity contribution is 0.0933. The molecule has 5 rings (SSSR count). The minimum Gasteiger partial charge on any atom is -0.467 e. The van der Waals surface area contributed by atoms with E-state index in [-0.39, 0.29) is 60.4 Å². The number of ether oxygens (including phenoxy) is 1. The second-order valence-electron chi connectivity index (χ2n) is 8.67. The molecule has 2 amide bonds. The summed E-state index contributed by atoms with van der Waals surface area (Å²) in [4.78, 5) is 32.8. The van der Waals surface area contributed by atoms with Gasteiger partial charge >= 0.3 is 6.09 Å². The van der Waals surface area contributed by atoms with Crippen LogP contribution >= 0.6 is 11.3 Å². The van der Waals surface area contributed by atoms with E-state index in [4.69, 9.17) is 9.15 Å². The molecule has 2 aromatic carbocycles. The zero-order chi connectivity index (χ0) is 27.6. The van der Waals surface area contributed by atoms with Crippen molar-refractivity contribution in [2.24, 2.45) is 0 Å². The molecule has 0 bridgehead atoms. The van der Waals surface area contributed by atoms with E-state index in [1.54, 1.807) is 31.2 Å². The summed E-state index contributed by atoms with van der Waals surface area (Å²) in [5, 5.41) is 0.285. The minimum absolute atomic E-state index is 0.0308. The van der Waals surface area contributed by atoms with Crippen molar-refractivity contribution in [2.75, 3.05) is 37.7 Å². The molecule has 0 unspecified atom stereocenters. The molecule has 10 nitrogen and oxygen atoms in total. The van der Waals surface area contributed by atoms with Crippen molar-refractivity contribution in [1.29, 1.82) is 0 Å². The van der Waals surface area contributed by atoms with Gasteiger partial charge in [0.1, 0.15) is 17.1 Å². The normalized spacial score (nSPS) is 14.5. The van der Waals surface area contributed by atoms with Gasteiger partial charge in [-0.3, -0.25) is 9.69 Å². The van der Waals surface area contributed by atoms with E-state index in [1.807, 2.05) is 0 Å². The summed E-state index contributed by atoms with van der Waals surface area (Å²) >= 11 is 1.17. The second kappa shape index (κ2) is 11.1. The van der Waals surface area contributed by atoms with Crippen molar-refractivity contribution in [2.45, 2.75) is 18.4 Å². The van der Waals surface area contributed by atoms with Crippen LogP contribution in [-0.2, 0) is 21.3 Å². The molecule has 1 aliphatic rings. The maximum Gasteiger partial charge on any atom is 0.409 e. The number of benzene rings is 2. The largest absolute Gasteiger partial charge is 0.467 e. The van der Waals surface area contributed by atoms with E-state index in [9.17, 15) is 22.4 Å². The van der Waals surface area contributed by atoms with Gasteiger partial charge in [-0.05, 0) is 55.5 Å². The number of hydrogen-bond acceptors (Lipinski definition) is 8. The topological polar surface area (TPSA) is 113 Å². The van der Waals surface area contributed by atoms with Gasteiger partial charge in [0.15, 0.2) is 5.13 Å². The van der Waals surface area contributed by atoms with Crippen molar-refractivity contribution < 1.29 is 31.6 Å². The van der Waals surface area contributed by atoms with E-state index in [0.717, 1.165) is 0 Å². The maximum absolute atomic E-state index is 14.3. The van der Waals surface area contributed by atoms with Gasteiger partial charge in [0.25, 0.3) is 5.91 Å². The summed E-state index contributed by atoms with van der Waals surface area (Å²) in [5.74, 6) is -0.430. The molecule has 1 aliphatic heterocycles. The first kappa shape index (κ1) is 26.8. The van der Waals surface area contributed by atoms with Crippen LogP contribution in [0.1, 0.15) is 23.0 Å². The van der Waals surface area contributed by atoms with Crippen molar-refractivity contribution in [3.05, 3.63) is 78.0 Å². The molecule has 0 radical (unpaired) electrons. The number of rotatable bonds is 7. The molecule has 1 saturated heterocycles. The fourth-order valence-electron chi connectivity index (χ4n) is 4.20. The number of anilines is 1. The van der Waals surface area contributed by atoms with Gasteiger partial charge in [-0.1, -0.05) is 17.4 Å². The Balaban J connectivity index is 1.36. The van der Waals surface area contributed by atoms with Crippen LogP contribution in [0.4, 0.5) is 14.3 Å². The Bertz CT molecular complexity index is 1580. The molecule has 13 heteroatoms. The molecular weight excluding hydrogens is 547 g/mol. The number of amides is 2. The van der Waals surface area contributed by atoms with Gasteiger partial charge in [0, 0.05) is 31.7 Å². The molecule has 0 atom stereocenters. The molecule has 1 fully saturated rings. The van der Waals surface area contributed by atoms with Crippen molar-refractivity contribution >= 4 is 48.7 Å². The molecular formula is C26H25FN4O6S2. The molecule has 0 N–H and O–H groups in total. The monoisotopic (exact) mass is 572 g/mol. The zero-order valence-electron chi connectivity index (χ0n) is 20.9. The zero-order valence-corrected chi connectivity index (χ0v) is 22.6. The van der Waals surface area contributed by atoms with E-state index in [0.29, 0.717) is 10.5 Å². The molecule has 4 aromatic rings. The third-order valence-corrected chi connectivity index (χ3v) is 9.19. The number of carbonyl (C=O) groups excluding carboxylic acids is 2. The highest BCUT2D eigenvalue weighted by Gasteiger charge is 2.31. The Morgan fingerprint density at radius 3 is 2.46 bits per heavy atom. The second-order valence-corrected chi connectivity index (χ2v) is 11.6. The highest BCUT2D eigenvalue weighted by atomic mass is 32.2. The Labute approximate surface area is 228 Å². The first-order valence-electron chi connectivity index (χ1n) is 12.2.